The zero-order valence-electron chi connectivity index (χ0n) is 11.2. The third kappa shape index (κ3) is 3.61. The molecule has 0 aliphatic carbocycles. The lowest BCUT2D eigenvalue weighted by Gasteiger charge is -2.21. The highest BCUT2D eigenvalue weighted by atomic mass is 35.5. The standard InChI is InChI=1S/C14H22ClN3/c1-17-6-5-12(9-17)10-18(2)8-11-3-4-14(16)13(15)7-11/h3-4,7,12H,5-6,8-10,16H2,1-2H3. The van der Waals surface area contributed by atoms with Crippen LogP contribution in [0.2, 0.25) is 5.02 Å². The maximum Gasteiger partial charge on any atom is 0.0638 e. The summed E-state index contributed by atoms with van der Waals surface area (Å²) in [6.45, 7) is 4.52. The summed E-state index contributed by atoms with van der Waals surface area (Å²) >= 11 is 6.04. The number of halogens is 1. The van der Waals surface area contributed by atoms with E-state index < -0.39 is 0 Å². The zero-order chi connectivity index (χ0) is 13.1. The highest BCUT2D eigenvalue weighted by molar-refractivity contribution is 6.33. The van der Waals surface area contributed by atoms with Crippen molar-refractivity contribution >= 4 is 17.3 Å². The minimum atomic E-state index is 0.653. The number of nitrogens with zero attached hydrogens (tertiary/aromatic N) is 2. The van der Waals surface area contributed by atoms with Crippen LogP contribution in [0, 0.1) is 5.92 Å². The maximum atomic E-state index is 6.04. The van der Waals surface area contributed by atoms with Crippen LogP contribution in [-0.2, 0) is 6.54 Å². The Morgan fingerprint density at radius 2 is 2.28 bits per heavy atom. The molecule has 100 valence electrons. The van der Waals surface area contributed by atoms with E-state index in [1.807, 2.05) is 12.1 Å². The molecule has 3 nitrogen and oxygen atoms in total. The van der Waals surface area contributed by atoms with Gasteiger partial charge in [0.05, 0.1) is 10.7 Å². The first-order valence-corrected chi connectivity index (χ1v) is 6.83. The Labute approximate surface area is 115 Å². The predicted octanol–water partition coefficient (Wildman–Crippen LogP) is 2.31. The van der Waals surface area contributed by atoms with Gasteiger partial charge in [-0.3, -0.25) is 0 Å². The molecule has 2 rings (SSSR count). The summed E-state index contributed by atoms with van der Waals surface area (Å²) in [5.74, 6) is 0.796. The molecule has 1 heterocycles. The van der Waals surface area contributed by atoms with Gasteiger partial charge < -0.3 is 15.5 Å². The van der Waals surface area contributed by atoms with E-state index in [0.717, 1.165) is 19.0 Å². The number of hydrogen-bond acceptors (Lipinski definition) is 3. The van der Waals surface area contributed by atoms with E-state index in [1.165, 1.54) is 25.1 Å². The van der Waals surface area contributed by atoms with Crippen LogP contribution < -0.4 is 5.73 Å². The lowest BCUT2D eigenvalue weighted by molar-refractivity contribution is 0.267. The molecule has 18 heavy (non-hydrogen) atoms. The molecule has 0 aromatic heterocycles. The number of benzene rings is 1. The molecule has 2 N–H and O–H groups in total. The van der Waals surface area contributed by atoms with Crippen molar-refractivity contribution in [1.82, 2.24) is 9.80 Å². The number of rotatable bonds is 4. The average molecular weight is 268 g/mol. The molecule has 1 saturated heterocycles. The molecule has 1 aliphatic rings. The number of nitrogen functional groups attached to an aromatic ring is 1. The number of hydrogen-bond donors (Lipinski definition) is 1. The molecule has 1 unspecified atom stereocenters. The van der Waals surface area contributed by atoms with E-state index >= 15 is 0 Å². The van der Waals surface area contributed by atoms with Crippen molar-refractivity contribution in [2.45, 2.75) is 13.0 Å². The van der Waals surface area contributed by atoms with E-state index in [1.54, 1.807) is 0 Å². The van der Waals surface area contributed by atoms with Gasteiger partial charge in [-0.15, -0.1) is 0 Å². The smallest absolute Gasteiger partial charge is 0.0638 e. The van der Waals surface area contributed by atoms with Crippen molar-refractivity contribution in [3.63, 3.8) is 0 Å². The summed E-state index contributed by atoms with van der Waals surface area (Å²) in [5, 5.41) is 0.654. The SMILES string of the molecule is CN1CCC(CN(C)Cc2ccc(N)c(Cl)c2)C1. The first kappa shape index (κ1) is 13.7. The quantitative estimate of drug-likeness (QED) is 0.850. The Morgan fingerprint density at radius 1 is 1.50 bits per heavy atom. The Balaban J connectivity index is 1.86. The normalized spacial score (nSPS) is 20.8. The molecule has 0 spiro atoms. The fourth-order valence-electron chi connectivity index (χ4n) is 2.66. The third-order valence-electron chi connectivity index (χ3n) is 3.58. The molecule has 4 heteroatoms. The van der Waals surface area contributed by atoms with Crippen molar-refractivity contribution in [2.24, 2.45) is 5.92 Å². The van der Waals surface area contributed by atoms with Gasteiger partial charge in [0, 0.05) is 19.6 Å². The van der Waals surface area contributed by atoms with Crippen LogP contribution in [-0.4, -0.2) is 43.5 Å². The predicted molar refractivity (Wildman–Crippen MR) is 77.8 cm³/mol. The molecule has 0 radical (unpaired) electrons. The van der Waals surface area contributed by atoms with E-state index in [4.69, 9.17) is 17.3 Å². The van der Waals surface area contributed by atoms with Gasteiger partial charge in [-0.1, -0.05) is 17.7 Å². The van der Waals surface area contributed by atoms with Gasteiger partial charge in [-0.2, -0.15) is 0 Å². The summed E-state index contributed by atoms with van der Waals surface area (Å²) < 4.78 is 0. The molecular weight excluding hydrogens is 246 g/mol. The number of nitrogens with two attached hydrogens (primary N) is 1. The Bertz CT molecular complexity index is 408. The van der Waals surface area contributed by atoms with Crippen LogP contribution >= 0.6 is 11.6 Å². The van der Waals surface area contributed by atoms with E-state index in [0.29, 0.717) is 10.7 Å². The van der Waals surface area contributed by atoms with Gasteiger partial charge in [0.2, 0.25) is 0 Å². The molecule has 0 bridgehead atoms. The summed E-state index contributed by atoms with van der Waals surface area (Å²) in [6.07, 6.45) is 1.31. The molecule has 1 fully saturated rings. The summed E-state index contributed by atoms with van der Waals surface area (Å²) in [4.78, 5) is 4.77. The second-order valence-corrected chi connectivity index (χ2v) is 5.88. The van der Waals surface area contributed by atoms with E-state index in [-0.39, 0.29) is 0 Å². The van der Waals surface area contributed by atoms with E-state index in [2.05, 4.69) is 30.0 Å². The lowest BCUT2D eigenvalue weighted by atomic mass is 10.1. The average Bonchev–Trinajstić information content (AvgIpc) is 2.69. The highest BCUT2D eigenvalue weighted by Gasteiger charge is 2.20. The van der Waals surface area contributed by atoms with Crippen molar-refractivity contribution in [3.05, 3.63) is 28.8 Å². The molecule has 1 aliphatic heterocycles. The van der Waals surface area contributed by atoms with Crippen molar-refractivity contribution in [3.8, 4) is 0 Å². The second-order valence-electron chi connectivity index (χ2n) is 5.47. The Kier molecular flexibility index (Phi) is 4.49. The number of anilines is 1. The van der Waals surface area contributed by atoms with Crippen LogP contribution in [0.4, 0.5) is 5.69 Å². The highest BCUT2D eigenvalue weighted by Crippen LogP contribution is 2.21. The molecule has 0 amide bonds. The fraction of sp³-hybridized carbons (Fsp3) is 0.571. The van der Waals surface area contributed by atoms with Crippen LogP contribution in [0.25, 0.3) is 0 Å². The van der Waals surface area contributed by atoms with E-state index in [9.17, 15) is 0 Å². The third-order valence-corrected chi connectivity index (χ3v) is 3.90. The van der Waals surface area contributed by atoms with Gasteiger partial charge in [0.15, 0.2) is 0 Å². The van der Waals surface area contributed by atoms with Crippen LogP contribution in [0.1, 0.15) is 12.0 Å². The summed E-state index contributed by atoms with van der Waals surface area (Å²) in [7, 11) is 4.36. The lowest BCUT2D eigenvalue weighted by Crippen LogP contribution is -2.27. The minimum Gasteiger partial charge on any atom is -0.398 e. The Hall–Kier alpha value is -0.770. The molecule has 1 aromatic rings. The zero-order valence-corrected chi connectivity index (χ0v) is 12.0. The van der Waals surface area contributed by atoms with Crippen LogP contribution in [0.3, 0.4) is 0 Å². The van der Waals surface area contributed by atoms with Gasteiger partial charge >= 0.3 is 0 Å². The number of likely N-dealkylation sites (tertiary alicyclic amines) is 1. The van der Waals surface area contributed by atoms with Crippen LogP contribution in [0.15, 0.2) is 18.2 Å². The topological polar surface area (TPSA) is 32.5 Å². The van der Waals surface area contributed by atoms with Crippen LogP contribution in [0.5, 0.6) is 0 Å². The Morgan fingerprint density at radius 3 is 2.89 bits per heavy atom. The molecule has 1 aromatic carbocycles. The van der Waals surface area contributed by atoms with Crippen molar-refractivity contribution < 1.29 is 0 Å². The van der Waals surface area contributed by atoms with Crippen molar-refractivity contribution in [1.29, 1.82) is 0 Å². The fourth-order valence-corrected chi connectivity index (χ4v) is 2.86. The molecular formula is C14H22ClN3. The van der Waals surface area contributed by atoms with Crippen molar-refractivity contribution in [2.75, 3.05) is 39.5 Å². The van der Waals surface area contributed by atoms with Gasteiger partial charge in [0.25, 0.3) is 0 Å². The van der Waals surface area contributed by atoms with Gasteiger partial charge in [-0.25, -0.2) is 0 Å². The van der Waals surface area contributed by atoms with Gasteiger partial charge in [-0.05, 0) is 50.7 Å². The summed E-state index contributed by atoms with van der Waals surface area (Å²) in [5.41, 5.74) is 7.59. The second kappa shape index (κ2) is 5.91. The maximum absolute atomic E-state index is 6.04. The summed E-state index contributed by atoms with van der Waals surface area (Å²) in [6, 6.07) is 5.90. The largest absolute Gasteiger partial charge is 0.398 e. The van der Waals surface area contributed by atoms with Gasteiger partial charge in [0.1, 0.15) is 0 Å². The molecule has 0 saturated carbocycles. The molecule has 1 atom stereocenters. The first-order chi connectivity index (χ1) is 8.54. The minimum absolute atomic E-state index is 0.653. The first-order valence-electron chi connectivity index (χ1n) is 6.45. The monoisotopic (exact) mass is 267 g/mol.